The van der Waals surface area contributed by atoms with Gasteiger partial charge in [-0.3, -0.25) is 0 Å². The second-order valence-electron chi connectivity index (χ2n) is 8.13. The first kappa shape index (κ1) is 10.8. The fourth-order valence-corrected chi connectivity index (χ4v) is 5.72. The highest BCUT2D eigenvalue weighted by atomic mass is 15.2. The van der Waals surface area contributed by atoms with E-state index in [1.54, 1.807) is 0 Å². The molecule has 2 heterocycles. The summed E-state index contributed by atoms with van der Waals surface area (Å²) in [7, 11) is 2.26. The molecule has 0 bridgehead atoms. The molecular weight excluding hydrogens is 208 g/mol. The van der Waals surface area contributed by atoms with Crippen molar-refractivity contribution in [2.24, 2.45) is 22.7 Å². The molecule has 2 nitrogen and oxygen atoms in total. The van der Waals surface area contributed by atoms with Gasteiger partial charge in [0.15, 0.2) is 0 Å². The molecule has 2 aliphatic carbocycles. The molecule has 4 aliphatic rings. The summed E-state index contributed by atoms with van der Waals surface area (Å²) in [4.78, 5) is 5.22. The minimum Gasteiger partial charge on any atom is -0.305 e. The SMILES string of the molecule is CC1CC2(C1)CN(CC1CC3(C1)CN(C)C3)C2. The first-order valence-corrected chi connectivity index (χ1v) is 7.48. The molecular formula is C15H26N2. The molecule has 2 saturated heterocycles. The summed E-state index contributed by atoms with van der Waals surface area (Å²) >= 11 is 0. The molecule has 0 atom stereocenters. The lowest BCUT2D eigenvalue weighted by Crippen LogP contribution is -2.65. The highest BCUT2D eigenvalue weighted by Crippen LogP contribution is 2.55. The van der Waals surface area contributed by atoms with Crippen molar-refractivity contribution in [1.82, 2.24) is 9.80 Å². The van der Waals surface area contributed by atoms with Crippen LogP contribution < -0.4 is 0 Å². The quantitative estimate of drug-likeness (QED) is 0.721. The Morgan fingerprint density at radius 3 is 2.06 bits per heavy atom. The zero-order chi connectivity index (χ0) is 11.7. The zero-order valence-corrected chi connectivity index (χ0v) is 11.4. The minimum atomic E-state index is 0.785. The van der Waals surface area contributed by atoms with Gasteiger partial charge in [0.25, 0.3) is 0 Å². The van der Waals surface area contributed by atoms with Crippen molar-refractivity contribution in [3.8, 4) is 0 Å². The average Bonchev–Trinajstić information content (AvgIpc) is 2.05. The summed E-state index contributed by atoms with van der Waals surface area (Å²) in [5.74, 6) is 2.06. The summed E-state index contributed by atoms with van der Waals surface area (Å²) in [5, 5.41) is 0. The summed E-state index contributed by atoms with van der Waals surface area (Å²) in [6.45, 7) is 9.45. The Morgan fingerprint density at radius 2 is 1.53 bits per heavy atom. The second-order valence-corrected chi connectivity index (χ2v) is 8.13. The molecule has 0 radical (unpaired) electrons. The summed E-state index contributed by atoms with van der Waals surface area (Å²) in [6, 6.07) is 0. The van der Waals surface area contributed by atoms with Crippen molar-refractivity contribution < 1.29 is 0 Å². The summed E-state index contributed by atoms with van der Waals surface area (Å²) in [6.07, 6.45) is 6.08. The Morgan fingerprint density at radius 1 is 0.941 bits per heavy atom. The van der Waals surface area contributed by atoms with Crippen LogP contribution in [0.3, 0.4) is 0 Å². The van der Waals surface area contributed by atoms with Gasteiger partial charge in [0.05, 0.1) is 0 Å². The van der Waals surface area contributed by atoms with Gasteiger partial charge in [-0.05, 0) is 55.4 Å². The molecule has 0 aromatic rings. The van der Waals surface area contributed by atoms with Crippen LogP contribution in [-0.2, 0) is 0 Å². The van der Waals surface area contributed by atoms with E-state index in [9.17, 15) is 0 Å². The van der Waals surface area contributed by atoms with E-state index in [-0.39, 0.29) is 0 Å². The predicted octanol–water partition coefficient (Wildman–Crippen LogP) is 2.06. The standard InChI is InChI=1S/C15H26N2/c1-12-3-14(4-12)10-17(11-14)7-13-5-15(6-13)8-16(2)9-15/h12-13H,3-11H2,1-2H3. The van der Waals surface area contributed by atoms with Crippen LogP contribution in [0.25, 0.3) is 0 Å². The van der Waals surface area contributed by atoms with E-state index in [1.807, 2.05) is 0 Å². The lowest BCUT2D eigenvalue weighted by atomic mass is 9.56. The number of nitrogens with zero attached hydrogens (tertiary/aromatic N) is 2. The molecule has 2 spiro atoms. The molecule has 17 heavy (non-hydrogen) atoms. The highest BCUT2D eigenvalue weighted by molar-refractivity contribution is 5.07. The van der Waals surface area contributed by atoms with E-state index in [0.717, 1.165) is 22.7 Å². The van der Waals surface area contributed by atoms with Crippen LogP contribution in [0.4, 0.5) is 0 Å². The van der Waals surface area contributed by atoms with Gasteiger partial charge in [0, 0.05) is 32.7 Å². The van der Waals surface area contributed by atoms with Crippen molar-refractivity contribution in [1.29, 1.82) is 0 Å². The van der Waals surface area contributed by atoms with Crippen LogP contribution in [0.1, 0.15) is 32.6 Å². The Kier molecular flexibility index (Phi) is 2.08. The van der Waals surface area contributed by atoms with Crippen LogP contribution in [0.15, 0.2) is 0 Å². The first-order valence-electron chi connectivity index (χ1n) is 7.48. The van der Waals surface area contributed by atoms with Gasteiger partial charge in [-0.15, -0.1) is 0 Å². The highest BCUT2D eigenvalue weighted by Gasteiger charge is 2.54. The molecule has 96 valence electrons. The third-order valence-electron chi connectivity index (χ3n) is 5.85. The molecule has 0 N–H and O–H groups in total. The van der Waals surface area contributed by atoms with Gasteiger partial charge in [0.1, 0.15) is 0 Å². The van der Waals surface area contributed by atoms with Gasteiger partial charge >= 0.3 is 0 Å². The number of hydrogen-bond acceptors (Lipinski definition) is 2. The normalized spacial score (nSPS) is 39.5. The minimum absolute atomic E-state index is 0.785. The molecule has 0 unspecified atom stereocenters. The molecule has 4 fully saturated rings. The van der Waals surface area contributed by atoms with Crippen LogP contribution in [-0.4, -0.2) is 49.6 Å². The summed E-state index contributed by atoms with van der Waals surface area (Å²) < 4.78 is 0. The van der Waals surface area contributed by atoms with Gasteiger partial charge in [-0.2, -0.15) is 0 Å². The van der Waals surface area contributed by atoms with Crippen LogP contribution in [0, 0.1) is 22.7 Å². The van der Waals surface area contributed by atoms with Crippen molar-refractivity contribution in [2.75, 3.05) is 39.8 Å². The van der Waals surface area contributed by atoms with Crippen LogP contribution in [0.2, 0.25) is 0 Å². The van der Waals surface area contributed by atoms with Crippen molar-refractivity contribution in [3.63, 3.8) is 0 Å². The van der Waals surface area contributed by atoms with Gasteiger partial charge in [-0.1, -0.05) is 6.92 Å². The fourth-order valence-electron chi connectivity index (χ4n) is 5.72. The van der Waals surface area contributed by atoms with Gasteiger partial charge < -0.3 is 9.80 Å². The third-order valence-corrected chi connectivity index (χ3v) is 5.85. The number of hydrogen-bond donors (Lipinski definition) is 0. The molecule has 2 heteroatoms. The van der Waals surface area contributed by atoms with Crippen molar-refractivity contribution in [3.05, 3.63) is 0 Å². The third kappa shape index (κ3) is 1.60. The van der Waals surface area contributed by atoms with E-state index in [4.69, 9.17) is 0 Å². The van der Waals surface area contributed by atoms with E-state index >= 15 is 0 Å². The maximum Gasteiger partial charge on any atom is 0.00508 e. The number of likely N-dealkylation sites (tertiary alicyclic amines) is 2. The Hall–Kier alpha value is -0.0800. The zero-order valence-electron chi connectivity index (χ0n) is 11.4. The summed E-state index contributed by atoms with van der Waals surface area (Å²) in [5.41, 5.74) is 1.59. The molecule has 0 aromatic carbocycles. The Labute approximate surface area is 105 Å². The van der Waals surface area contributed by atoms with E-state index in [0.29, 0.717) is 0 Å². The lowest BCUT2D eigenvalue weighted by Gasteiger charge is -2.63. The van der Waals surface area contributed by atoms with Crippen molar-refractivity contribution in [2.45, 2.75) is 32.6 Å². The molecule has 0 amide bonds. The topological polar surface area (TPSA) is 6.48 Å². The van der Waals surface area contributed by atoms with Crippen molar-refractivity contribution >= 4 is 0 Å². The smallest absolute Gasteiger partial charge is 0.00508 e. The first-order chi connectivity index (χ1) is 8.07. The molecule has 2 saturated carbocycles. The second kappa shape index (κ2) is 3.27. The van der Waals surface area contributed by atoms with Gasteiger partial charge in [-0.25, -0.2) is 0 Å². The molecule has 0 aromatic heterocycles. The monoisotopic (exact) mass is 234 g/mol. The average molecular weight is 234 g/mol. The predicted molar refractivity (Wildman–Crippen MR) is 69.9 cm³/mol. The Balaban J connectivity index is 1.19. The fraction of sp³-hybridized carbons (Fsp3) is 1.00. The maximum atomic E-state index is 2.74. The molecule has 2 aliphatic heterocycles. The van der Waals surface area contributed by atoms with E-state index < -0.39 is 0 Å². The van der Waals surface area contributed by atoms with Gasteiger partial charge in [0.2, 0.25) is 0 Å². The molecule has 4 rings (SSSR count). The lowest BCUT2D eigenvalue weighted by molar-refractivity contribution is -0.129. The maximum absolute atomic E-state index is 2.74. The largest absolute Gasteiger partial charge is 0.305 e. The van der Waals surface area contributed by atoms with Crippen LogP contribution in [0.5, 0.6) is 0 Å². The van der Waals surface area contributed by atoms with E-state index in [2.05, 4.69) is 23.8 Å². The Bertz CT molecular complexity index is 278. The van der Waals surface area contributed by atoms with E-state index in [1.165, 1.54) is 58.4 Å². The van der Waals surface area contributed by atoms with Crippen LogP contribution >= 0.6 is 0 Å². The number of rotatable bonds is 2.